The standard InChI is InChI=1S/C23H23BrN4O3/c24-17-10-11-20(31-14-21(25)29)16(12-17)13-26-28-22(15-6-2-1-3-7-15)27-19-9-5-4-8-18(19)23(28)30/h4-5,8-13,15H,1-3,6-7,14H2,(H2,25,29). The molecule has 2 aromatic carbocycles. The predicted octanol–water partition coefficient (Wildman–Crippen LogP) is 3.95. The summed E-state index contributed by atoms with van der Waals surface area (Å²) < 4.78 is 7.73. The fourth-order valence-corrected chi connectivity index (χ4v) is 4.28. The summed E-state index contributed by atoms with van der Waals surface area (Å²) in [4.78, 5) is 29.2. The van der Waals surface area contributed by atoms with Crippen molar-refractivity contribution in [3.8, 4) is 5.75 Å². The van der Waals surface area contributed by atoms with Crippen molar-refractivity contribution in [3.63, 3.8) is 0 Å². The third-order valence-electron chi connectivity index (χ3n) is 5.40. The Morgan fingerprint density at radius 3 is 2.77 bits per heavy atom. The number of benzene rings is 2. The molecule has 1 fully saturated rings. The molecule has 0 unspecified atom stereocenters. The number of ether oxygens (including phenoxy) is 1. The molecule has 0 saturated heterocycles. The minimum atomic E-state index is -0.569. The molecule has 8 heteroatoms. The van der Waals surface area contributed by atoms with Crippen LogP contribution in [0.5, 0.6) is 5.75 Å². The first kappa shape index (κ1) is 21.2. The molecular formula is C23H23BrN4O3. The van der Waals surface area contributed by atoms with Gasteiger partial charge >= 0.3 is 0 Å². The molecule has 2 N–H and O–H groups in total. The molecule has 0 atom stereocenters. The van der Waals surface area contributed by atoms with Gasteiger partial charge in [0, 0.05) is 16.0 Å². The summed E-state index contributed by atoms with van der Waals surface area (Å²) in [6, 6.07) is 12.7. The van der Waals surface area contributed by atoms with Gasteiger partial charge < -0.3 is 10.5 Å². The Morgan fingerprint density at radius 1 is 1.23 bits per heavy atom. The predicted molar refractivity (Wildman–Crippen MR) is 124 cm³/mol. The van der Waals surface area contributed by atoms with Crippen molar-refractivity contribution in [1.29, 1.82) is 0 Å². The number of nitrogens with two attached hydrogens (primary N) is 1. The third-order valence-corrected chi connectivity index (χ3v) is 5.90. The maximum Gasteiger partial charge on any atom is 0.282 e. The molecule has 160 valence electrons. The van der Waals surface area contributed by atoms with Crippen LogP contribution in [0.1, 0.15) is 49.4 Å². The minimum Gasteiger partial charge on any atom is -0.483 e. The van der Waals surface area contributed by atoms with Crippen LogP contribution in [0.3, 0.4) is 0 Å². The van der Waals surface area contributed by atoms with Crippen LogP contribution in [0, 0.1) is 0 Å². The van der Waals surface area contributed by atoms with Crippen LogP contribution in [0.2, 0.25) is 0 Å². The lowest BCUT2D eigenvalue weighted by molar-refractivity contribution is -0.119. The summed E-state index contributed by atoms with van der Waals surface area (Å²) in [5.41, 5.74) is 6.31. The zero-order valence-electron chi connectivity index (χ0n) is 17.0. The molecular weight excluding hydrogens is 460 g/mol. The van der Waals surface area contributed by atoms with Gasteiger partial charge in [0.2, 0.25) is 0 Å². The molecule has 0 bridgehead atoms. The van der Waals surface area contributed by atoms with E-state index < -0.39 is 5.91 Å². The third kappa shape index (κ3) is 4.85. The highest BCUT2D eigenvalue weighted by atomic mass is 79.9. The summed E-state index contributed by atoms with van der Waals surface area (Å²) in [6.45, 7) is -0.243. The van der Waals surface area contributed by atoms with Crippen LogP contribution < -0.4 is 16.0 Å². The minimum absolute atomic E-state index is 0.191. The number of primary amides is 1. The molecule has 0 radical (unpaired) electrons. The van der Waals surface area contributed by atoms with Crippen molar-refractivity contribution < 1.29 is 9.53 Å². The monoisotopic (exact) mass is 482 g/mol. The van der Waals surface area contributed by atoms with Gasteiger partial charge in [-0.05, 0) is 43.2 Å². The highest BCUT2D eigenvalue weighted by Gasteiger charge is 2.22. The van der Waals surface area contributed by atoms with Crippen molar-refractivity contribution in [3.05, 3.63) is 68.7 Å². The largest absolute Gasteiger partial charge is 0.483 e. The van der Waals surface area contributed by atoms with E-state index in [4.69, 9.17) is 15.5 Å². The van der Waals surface area contributed by atoms with Gasteiger partial charge in [0.1, 0.15) is 11.6 Å². The van der Waals surface area contributed by atoms with Gasteiger partial charge in [-0.1, -0.05) is 47.3 Å². The van der Waals surface area contributed by atoms with Gasteiger partial charge in [-0.3, -0.25) is 9.59 Å². The van der Waals surface area contributed by atoms with Crippen LogP contribution in [0.15, 0.2) is 56.8 Å². The Balaban J connectivity index is 1.80. The molecule has 7 nitrogen and oxygen atoms in total. The zero-order valence-corrected chi connectivity index (χ0v) is 18.5. The molecule has 1 amide bonds. The molecule has 1 heterocycles. The summed E-state index contributed by atoms with van der Waals surface area (Å²) >= 11 is 3.44. The number of amides is 1. The lowest BCUT2D eigenvalue weighted by Crippen LogP contribution is -2.25. The quantitative estimate of drug-likeness (QED) is 0.537. The Hall–Kier alpha value is -3.00. The topological polar surface area (TPSA) is 99.6 Å². The van der Waals surface area contributed by atoms with Crippen molar-refractivity contribution in [2.75, 3.05) is 6.61 Å². The van der Waals surface area contributed by atoms with Crippen molar-refractivity contribution in [1.82, 2.24) is 9.66 Å². The number of fused-ring (bicyclic) bond motifs is 1. The van der Waals surface area contributed by atoms with E-state index in [2.05, 4.69) is 21.0 Å². The fraction of sp³-hybridized carbons (Fsp3) is 0.304. The first-order chi connectivity index (χ1) is 15.0. The van der Waals surface area contributed by atoms with E-state index in [0.29, 0.717) is 28.0 Å². The van der Waals surface area contributed by atoms with Gasteiger partial charge in [-0.25, -0.2) is 4.98 Å². The lowest BCUT2D eigenvalue weighted by Gasteiger charge is -2.22. The molecule has 3 aromatic rings. The zero-order chi connectivity index (χ0) is 21.8. The summed E-state index contributed by atoms with van der Waals surface area (Å²) in [5.74, 6) is 0.762. The Morgan fingerprint density at radius 2 is 2.00 bits per heavy atom. The SMILES string of the molecule is NC(=O)COc1ccc(Br)cc1C=Nn1c(C2CCCCC2)nc2ccccc2c1=O. The van der Waals surface area contributed by atoms with Gasteiger partial charge in [-0.15, -0.1) is 0 Å². The van der Waals surface area contributed by atoms with Gasteiger partial charge in [0.15, 0.2) is 6.61 Å². The van der Waals surface area contributed by atoms with E-state index in [0.717, 1.165) is 30.2 Å². The number of rotatable bonds is 6. The van der Waals surface area contributed by atoms with E-state index >= 15 is 0 Å². The summed E-state index contributed by atoms with van der Waals surface area (Å²) in [5, 5.41) is 5.06. The number of aromatic nitrogens is 2. The van der Waals surface area contributed by atoms with Crippen molar-refractivity contribution in [2.24, 2.45) is 10.8 Å². The first-order valence-electron chi connectivity index (χ1n) is 10.3. The van der Waals surface area contributed by atoms with E-state index in [-0.39, 0.29) is 18.1 Å². The van der Waals surface area contributed by atoms with Gasteiger partial charge in [0.05, 0.1) is 17.1 Å². The molecule has 4 rings (SSSR count). The van der Waals surface area contributed by atoms with Crippen molar-refractivity contribution >= 4 is 39.0 Å². The Kier molecular flexibility index (Phi) is 6.46. The van der Waals surface area contributed by atoms with E-state index in [1.807, 2.05) is 18.2 Å². The number of nitrogens with zero attached hydrogens (tertiary/aromatic N) is 3. The van der Waals surface area contributed by atoms with Crippen LogP contribution in [0.4, 0.5) is 0 Å². The maximum absolute atomic E-state index is 13.3. The molecule has 1 saturated carbocycles. The second-order valence-corrected chi connectivity index (χ2v) is 8.54. The summed E-state index contributed by atoms with van der Waals surface area (Å²) in [7, 11) is 0. The normalized spacial score (nSPS) is 14.9. The number of carbonyl (C=O) groups is 1. The average Bonchev–Trinajstić information content (AvgIpc) is 2.78. The Labute approximate surface area is 188 Å². The van der Waals surface area contributed by atoms with Crippen molar-refractivity contribution in [2.45, 2.75) is 38.0 Å². The molecule has 1 aliphatic carbocycles. The second-order valence-electron chi connectivity index (χ2n) is 7.62. The van der Waals surface area contributed by atoms with Crippen LogP contribution >= 0.6 is 15.9 Å². The number of carbonyl (C=O) groups excluding carboxylic acids is 1. The lowest BCUT2D eigenvalue weighted by atomic mass is 9.88. The van der Waals surface area contributed by atoms with Crippen LogP contribution in [-0.4, -0.2) is 28.4 Å². The second kappa shape index (κ2) is 9.43. The maximum atomic E-state index is 13.3. The van der Waals surface area contributed by atoms with E-state index in [1.165, 1.54) is 11.1 Å². The van der Waals surface area contributed by atoms with Gasteiger partial charge in [0.25, 0.3) is 11.5 Å². The molecule has 0 aliphatic heterocycles. The number of hydrogen-bond acceptors (Lipinski definition) is 5. The smallest absolute Gasteiger partial charge is 0.282 e. The number of para-hydroxylation sites is 1. The molecule has 0 spiro atoms. The first-order valence-corrected chi connectivity index (χ1v) is 11.1. The Bertz CT molecular complexity index is 1200. The highest BCUT2D eigenvalue weighted by Crippen LogP contribution is 2.32. The number of hydrogen-bond donors (Lipinski definition) is 1. The highest BCUT2D eigenvalue weighted by molar-refractivity contribution is 9.10. The number of halogens is 1. The molecule has 31 heavy (non-hydrogen) atoms. The fourth-order valence-electron chi connectivity index (χ4n) is 3.90. The van der Waals surface area contributed by atoms with E-state index in [9.17, 15) is 9.59 Å². The van der Waals surface area contributed by atoms with E-state index in [1.54, 1.807) is 30.5 Å². The molecule has 1 aliphatic rings. The summed E-state index contributed by atoms with van der Waals surface area (Å²) in [6.07, 6.45) is 6.98. The average molecular weight is 483 g/mol. The molecule has 1 aromatic heterocycles. The van der Waals surface area contributed by atoms with Gasteiger partial charge in [-0.2, -0.15) is 9.78 Å². The van der Waals surface area contributed by atoms with Crippen LogP contribution in [0.25, 0.3) is 10.9 Å². The van der Waals surface area contributed by atoms with Crippen LogP contribution in [-0.2, 0) is 4.79 Å².